The van der Waals surface area contributed by atoms with Crippen LogP contribution < -0.4 is 15.4 Å². The Morgan fingerprint density at radius 1 is 0.943 bits per heavy atom. The number of fused-ring (bicyclic) bond motifs is 3. The molecule has 172 valence electrons. The van der Waals surface area contributed by atoms with E-state index < -0.39 is 6.04 Å². The highest BCUT2D eigenvalue weighted by molar-refractivity contribution is 6.06. The van der Waals surface area contributed by atoms with E-state index >= 15 is 0 Å². The lowest BCUT2D eigenvalue weighted by Gasteiger charge is -2.29. The first-order valence-electron chi connectivity index (χ1n) is 11.3. The second-order valence-corrected chi connectivity index (χ2v) is 8.27. The highest BCUT2D eigenvalue weighted by Gasteiger charge is 2.35. The predicted octanol–water partition coefficient (Wildman–Crippen LogP) is 6.35. The van der Waals surface area contributed by atoms with Crippen molar-refractivity contribution in [3.63, 3.8) is 0 Å². The van der Waals surface area contributed by atoms with E-state index in [1.165, 1.54) is 0 Å². The minimum atomic E-state index is -0.464. The smallest absolute Gasteiger partial charge is 0.255 e. The Balaban J connectivity index is 1.31. The summed E-state index contributed by atoms with van der Waals surface area (Å²) < 4.78 is 13.7. The number of benzene rings is 3. The number of anilines is 2. The second-order valence-electron chi connectivity index (χ2n) is 8.27. The number of furan rings is 1. The molecule has 1 atom stereocenters. The number of amides is 1. The highest BCUT2D eigenvalue weighted by Crippen LogP contribution is 2.39. The van der Waals surface area contributed by atoms with Crippen LogP contribution in [-0.4, -0.2) is 15.5 Å². The summed E-state index contributed by atoms with van der Waals surface area (Å²) in [6.07, 6.45) is 1.62. The normalized spacial score (nSPS) is 14.9. The molecule has 0 fully saturated rings. The summed E-state index contributed by atoms with van der Waals surface area (Å²) in [5.74, 6) is 2.54. The SMILES string of the molecule is CC1=C(C(=O)Nc2ccc(Oc3ccccc3)cc2)C(c2ccco2)n2c(nc3ccccc32)N1. The van der Waals surface area contributed by atoms with Gasteiger partial charge in [0.25, 0.3) is 5.91 Å². The predicted molar refractivity (Wildman–Crippen MR) is 134 cm³/mol. The van der Waals surface area contributed by atoms with Gasteiger partial charge in [0.2, 0.25) is 5.95 Å². The second kappa shape index (κ2) is 8.53. The summed E-state index contributed by atoms with van der Waals surface area (Å²) in [5.41, 5.74) is 3.69. The van der Waals surface area contributed by atoms with Crippen molar-refractivity contribution < 1.29 is 13.9 Å². The lowest BCUT2D eigenvalue weighted by atomic mass is 9.99. The van der Waals surface area contributed by atoms with Gasteiger partial charge < -0.3 is 19.8 Å². The fourth-order valence-corrected chi connectivity index (χ4v) is 4.40. The minimum Gasteiger partial charge on any atom is -0.467 e. The van der Waals surface area contributed by atoms with Crippen LogP contribution in [0.4, 0.5) is 11.6 Å². The van der Waals surface area contributed by atoms with Gasteiger partial charge in [-0.1, -0.05) is 30.3 Å². The van der Waals surface area contributed by atoms with Gasteiger partial charge in [-0.3, -0.25) is 9.36 Å². The van der Waals surface area contributed by atoms with Crippen LogP contribution in [0.1, 0.15) is 18.7 Å². The topological polar surface area (TPSA) is 81.3 Å². The lowest BCUT2D eigenvalue weighted by molar-refractivity contribution is -0.113. The molecular formula is C28H22N4O3. The molecule has 0 spiro atoms. The summed E-state index contributed by atoms with van der Waals surface area (Å²) >= 11 is 0. The average Bonchev–Trinajstić information content (AvgIpc) is 3.53. The van der Waals surface area contributed by atoms with Crippen LogP contribution in [0.2, 0.25) is 0 Å². The van der Waals surface area contributed by atoms with E-state index in [4.69, 9.17) is 14.1 Å². The van der Waals surface area contributed by atoms with Gasteiger partial charge in [-0.15, -0.1) is 0 Å². The molecule has 3 heterocycles. The number of carbonyl (C=O) groups is 1. The monoisotopic (exact) mass is 462 g/mol. The third-order valence-corrected chi connectivity index (χ3v) is 5.98. The number of aromatic nitrogens is 2. The number of imidazole rings is 1. The number of rotatable bonds is 5. The lowest BCUT2D eigenvalue weighted by Crippen LogP contribution is -2.30. The summed E-state index contributed by atoms with van der Waals surface area (Å²) in [5, 5.41) is 6.33. The number of allylic oxidation sites excluding steroid dienone is 1. The first-order chi connectivity index (χ1) is 17.2. The van der Waals surface area contributed by atoms with Crippen molar-refractivity contribution in [2.75, 3.05) is 10.6 Å². The molecule has 5 aromatic rings. The molecule has 1 amide bonds. The van der Waals surface area contributed by atoms with Crippen LogP contribution >= 0.6 is 0 Å². The summed E-state index contributed by atoms with van der Waals surface area (Å²) in [6, 6.07) is 28.0. The van der Waals surface area contributed by atoms with Gasteiger partial charge in [0.15, 0.2) is 0 Å². The zero-order chi connectivity index (χ0) is 23.8. The molecule has 0 bridgehead atoms. The van der Waals surface area contributed by atoms with E-state index in [9.17, 15) is 4.79 Å². The van der Waals surface area contributed by atoms with Crippen molar-refractivity contribution >= 4 is 28.6 Å². The van der Waals surface area contributed by atoms with Crippen molar-refractivity contribution in [1.29, 1.82) is 0 Å². The van der Waals surface area contributed by atoms with Crippen molar-refractivity contribution in [3.05, 3.63) is 114 Å². The van der Waals surface area contributed by atoms with Gasteiger partial charge >= 0.3 is 0 Å². The Labute approximate surface area is 201 Å². The molecule has 0 saturated carbocycles. The van der Waals surface area contributed by atoms with Crippen molar-refractivity contribution in [2.24, 2.45) is 0 Å². The molecule has 7 heteroatoms. The molecular weight excluding hydrogens is 440 g/mol. The number of para-hydroxylation sites is 3. The number of hydrogen-bond acceptors (Lipinski definition) is 5. The molecule has 35 heavy (non-hydrogen) atoms. The Morgan fingerprint density at radius 2 is 1.69 bits per heavy atom. The maximum atomic E-state index is 13.6. The summed E-state index contributed by atoms with van der Waals surface area (Å²) in [6.45, 7) is 1.88. The molecule has 0 aliphatic carbocycles. The number of ether oxygens (including phenoxy) is 1. The molecule has 7 nitrogen and oxygen atoms in total. The Bertz CT molecular complexity index is 1530. The van der Waals surface area contributed by atoms with E-state index in [0.29, 0.717) is 28.7 Å². The molecule has 3 aromatic carbocycles. The number of hydrogen-bond donors (Lipinski definition) is 2. The molecule has 0 saturated heterocycles. The van der Waals surface area contributed by atoms with Crippen LogP contribution in [0.5, 0.6) is 11.5 Å². The first kappa shape index (κ1) is 20.8. The maximum Gasteiger partial charge on any atom is 0.255 e. The molecule has 1 aliphatic rings. The molecule has 2 N–H and O–H groups in total. The first-order valence-corrected chi connectivity index (χ1v) is 11.3. The van der Waals surface area contributed by atoms with Gasteiger partial charge in [0, 0.05) is 11.4 Å². The fraction of sp³-hybridized carbons (Fsp3) is 0.0714. The van der Waals surface area contributed by atoms with Crippen LogP contribution in [0.3, 0.4) is 0 Å². The molecule has 1 unspecified atom stereocenters. The zero-order valence-electron chi connectivity index (χ0n) is 18.9. The Morgan fingerprint density at radius 3 is 2.46 bits per heavy atom. The minimum absolute atomic E-state index is 0.225. The standard InChI is InChI=1S/C28H22N4O3/c1-18-25(27(33)30-19-13-15-21(16-14-19)35-20-8-3-2-4-9-20)26(24-12-7-17-34-24)32-23-11-6-5-10-22(23)31-28(32)29-18/h2-17,26H,1H3,(H,29,31)(H,30,33). The van der Waals surface area contributed by atoms with E-state index in [-0.39, 0.29) is 5.91 Å². The molecule has 0 radical (unpaired) electrons. The largest absolute Gasteiger partial charge is 0.467 e. The van der Waals surface area contributed by atoms with E-state index in [2.05, 4.69) is 10.6 Å². The fourth-order valence-electron chi connectivity index (χ4n) is 4.40. The zero-order valence-corrected chi connectivity index (χ0v) is 18.9. The average molecular weight is 463 g/mol. The summed E-state index contributed by atoms with van der Waals surface area (Å²) in [7, 11) is 0. The third-order valence-electron chi connectivity index (χ3n) is 5.98. The van der Waals surface area contributed by atoms with E-state index in [1.807, 2.05) is 102 Å². The summed E-state index contributed by atoms with van der Waals surface area (Å²) in [4.78, 5) is 18.3. The van der Waals surface area contributed by atoms with Gasteiger partial charge in [-0.25, -0.2) is 4.98 Å². The van der Waals surface area contributed by atoms with Crippen LogP contribution in [0.15, 0.2) is 113 Å². The van der Waals surface area contributed by atoms with Crippen molar-refractivity contribution in [2.45, 2.75) is 13.0 Å². The number of nitrogens with one attached hydrogen (secondary N) is 2. The van der Waals surface area contributed by atoms with Crippen LogP contribution in [0.25, 0.3) is 11.0 Å². The molecule has 6 rings (SSSR count). The van der Waals surface area contributed by atoms with Gasteiger partial charge in [0.05, 0.1) is 22.9 Å². The quantitative estimate of drug-likeness (QED) is 0.318. The molecule has 1 aliphatic heterocycles. The van der Waals surface area contributed by atoms with E-state index in [1.54, 1.807) is 6.26 Å². The van der Waals surface area contributed by atoms with Crippen molar-refractivity contribution in [3.8, 4) is 11.5 Å². The number of carbonyl (C=O) groups excluding carboxylic acids is 1. The Kier molecular flexibility index (Phi) is 5.07. The van der Waals surface area contributed by atoms with Gasteiger partial charge in [-0.2, -0.15) is 0 Å². The Hall–Kier alpha value is -4.78. The van der Waals surface area contributed by atoms with Crippen molar-refractivity contribution in [1.82, 2.24) is 9.55 Å². The maximum absolute atomic E-state index is 13.6. The number of nitrogens with zero attached hydrogens (tertiary/aromatic N) is 2. The third kappa shape index (κ3) is 3.83. The van der Waals surface area contributed by atoms with Crippen LogP contribution in [0, 0.1) is 0 Å². The molecule has 2 aromatic heterocycles. The van der Waals surface area contributed by atoms with E-state index in [0.717, 1.165) is 22.5 Å². The highest BCUT2D eigenvalue weighted by atomic mass is 16.5. The van der Waals surface area contributed by atoms with Crippen LogP contribution in [-0.2, 0) is 4.79 Å². The van der Waals surface area contributed by atoms with Gasteiger partial charge in [-0.05, 0) is 67.6 Å². The van der Waals surface area contributed by atoms with Gasteiger partial charge in [0.1, 0.15) is 23.3 Å².